The average Bonchev–Trinajstić information content (AvgIpc) is 3.10. The smallest absolute Gasteiger partial charge is 0.294 e. The normalized spacial score (nSPS) is 17.7. The number of hydrogen-bond acceptors (Lipinski definition) is 4. The van der Waals surface area contributed by atoms with Gasteiger partial charge in [0, 0.05) is 11.6 Å². The molecule has 2 heterocycles. The molecule has 1 N–H and O–H groups in total. The van der Waals surface area contributed by atoms with E-state index in [-0.39, 0.29) is 17.3 Å². The lowest BCUT2D eigenvalue weighted by Gasteiger charge is -2.25. The number of carbonyl (C=O) groups is 2. The highest BCUT2D eigenvalue weighted by atomic mass is 16.3. The maximum atomic E-state index is 12.7. The minimum Gasteiger partial charge on any atom is -0.503 e. The number of benzene rings is 1. The van der Waals surface area contributed by atoms with Crippen LogP contribution >= 0.6 is 0 Å². The highest BCUT2D eigenvalue weighted by Gasteiger charge is 2.46. The van der Waals surface area contributed by atoms with Gasteiger partial charge < -0.3 is 9.52 Å². The van der Waals surface area contributed by atoms with Crippen LogP contribution in [-0.2, 0) is 9.59 Å². The van der Waals surface area contributed by atoms with Gasteiger partial charge in [-0.2, -0.15) is 0 Å². The number of amides is 1. The second kappa shape index (κ2) is 6.24. The molecule has 1 aliphatic rings. The van der Waals surface area contributed by atoms with Crippen LogP contribution < -0.4 is 4.90 Å². The Hall–Kier alpha value is -2.82. The number of Topliss-reactive ketones (excluding diaryl/α,β-unsaturated/α-hetero) is 1. The van der Waals surface area contributed by atoms with Crippen molar-refractivity contribution in [2.24, 2.45) is 5.92 Å². The summed E-state index contributed by atoms with van der Waals surface area (Å²) in [6.45, 7) is 7.23. The van der Waals surface area contributed by atoms with Gasteiger partial charge in [-0.3, -0.25) is 14.5 Å². The van der Waals surface area contributed by atoms with Gasteiger partial charge in [-0.1, -0.05) is 31.5 Å². The molecule has 1 atom stereocenters. The number of ketones is 1. The molecule has 25 heavy (non-hydrogen) atoms. The molecule has 0 saturated heterocycles. The van der Waals surface area contributed by atoms with Crippen molar-refractivity contribution in [2.75, 3.05) is 4.90 Å². The molecule has 130 valence electrons. The summed E-state index contributed by atoms with van der Waals surface area (Å²) in [4.78, 5) is 26.8. The van der Waals surface area contributed by atoms with Crippen LogP contribution in [0.3, 0.4) is 0 Å². The standard InChI is InChI=1S/C20H21NO4/c1-11(2)18(22)16-17(15-10-7-13(4)25-15)21(20(24)19(16)23)14-8-5-12(3)6-9-14/h5-11,17,23H,1-4H3. The first-order valence-corrected chi connectivity index (χ1v) is 8.25. The lowest BCUT2D eigenvalue weighted by Crippen LogP contribution is -2.31. The molecular formula is C20H21NO4. The number of rotatable bonds is 4. The van der Waals surface area contributed by atoms with Crippen molar-refractivity contribution in [1.29, 1.82) is 0 Å². The monoisotopic (exact) mass is 339 g/mol. The van der Waals surface area contributed by atoms with Gasteiger partial charge in [0.1, 0.15) is 17.6 Å². The number of carbonyl (C=O) groups excluding carboxylic acids is 2. The van der Waals surface area contributed by atoms with Crippen molar-refractivity contribution in [3.8, 4) is 0 Å². The van der Waals surface area contributed by atoms with Crippen molar-refractivity contribution >= 4 is 17.4 Å². The highest BCUT2D eigenvalue weighted by Crippen LogP contribution is 2.42. The second-order valence-electron chi connectivity index (χ2n) is 6.64. The van der Waals surface area contributed by atoms with Crippen LogP contribution in [0.2, 0.25) is 0 Å². The van der Waals surface area contributed by atoms with Gasteiger partial charge in [0.25, 0.3) is 5.91 Å². The molecule has 2 aromatic rings. The molecule has 0 aliphatic carbocycles. The Morgan fingerprint density at radius 1 is 1.12 bits per heavy atom. The van der Waals surface area contributed by atoms with Crippen LogP contribution in [0.5, 0.6) is 0 Å². The number of nitrogens with zero attached hydrogens (tertiary/aromatic N) is 1. The summed E-state index contributed by atoms with van der Waals surface area (Å²) in [7, 11) is 0. The Bertz CT molecular complexity index is 858. The molecule has 0 fully saturated rings. The molecule has 0 spiro atoms. The van der Waals surface area contributed by atoms with Crippen molar-refractivity contribution in [3.63, 3.8) is 0 Å². The van der Waals surface area contributed by atoms with Gasteiger partial charge in [-0.15, -0.1) is 0 Å². The quantitative estimate of drug-likeness (QED) is 0.913. The predicted octanol–water partition coefficient (Wildman–Crippen LogP) is 4.02. The van der Waals surface area contributed by atoms with Gasteiger partial charge in [0.2, 0.25) is 0 Å². The number of aliphatic hydroxyl groups excluding tert-OH is 1. The summed E-state index contributed by atoms with van der Waals surface area (Å²) in [5.41, 5.74) is 1.75. The van der Waals surface area contributed by atoms with Gasteiger partial charge >= 0.3 is 0 Å². The Kier molecular flexibility index (Phi) is 4.25. The summed E-state index contributed by atoms with van der Waals surface area (Å²) in [5.74, 6) is -0.570. The van der Waals surface area contributed by atoms with E-state index < -0.39 is 17.7 Å². The Morgan fingerprint density at radius 3 is 2.28 bits per heavy atom. The van der Waals surface area contributed by atoms with Crippen molar-refractivity contribution in [2.45, 2.75) is 33.7 Å². The Labute approximate surface area is 146 Å². The fraction of sp³-hybridized carbons (Fsp3) is 0.300. The summed E-state index contributed by atoms with van der Waals surface area (Å²) in [6, 6.07) is 10.1. The van der Waals surface area contributed by atoms with E-state index in [1.165, 1.54) is 4.90 Å². The summed E-state index contributed by atoms with van der Waals surface area (Å²) < 4.78 is 5.71. The maximum Gasteiger partial charge on any atom is 0.294 e. The van der Waals surface area contributed by atoms with Crippen LogP contribution in [0.25, 0.3) is 0 Å². The summed E-state index contributed by atoms with van der Waals surface area (Å²) in [5, 5.41) is 10.4. The third kappa shape index (κ3) is 2.86. The fourth-order valence-electron chi connectivity index (χ4n) is 3.01. The number of aliphatic hydroxyl groups is 1. The molecule has 5 nitrogen and oxygen atoms in total. The SMILES string of the molecule is Cc1ccc(N2C(=O)C(O)=C(C(=O)C(C)C)C2c2ccc(C)o2)cc1. The lowest BCUT2D eigenvalue weighted by atomic mass is 9.94. The largest absolute Gasteiger partial charge is 0.503 e. The van der Waals surface area contributed by atoms with Crippen LogP contribution in [-0.4, -0.2) is 16.8 Å². The summed E-state index contributed by atoms with van der Waals surface area (Å²) >= 11 is 0. The Balaban J connectivity index is 2.16. The van der Waals surface area contributed by atoms with E-state index in [1.807, 2.05) is 19.1 Å². The molecule has 0 bridgehead atoms. The van der Waals surface area contributed by atoms with Gasteiger partial charge in [0.15, 0.2) is 11.5 Å². The number of aryl methyl sites for hydroxylation is 2. The van der Waals surface area contributed by atoms with Gasteiger partial charge in [-0.25, -0.2) is 0 Å². The third-order valence-corrected chi connectivity index (χ3v) is 4.34. The summed E-state index contributed by atoms with van der Waals surface area (Å²) in [6.07, 6.45) is 0. The van der Waals surface area contributed by atoms with Crippen LogP contribution in [0.4, 0.5) is 5.69 Å². The topological polar surface area (TPSA) is 70.8 Å². The van der Waals surface area contributed by atoms with E-state index in [0.29, 0.717) is 17.2 Å². The van der Waals surface area contributed by atoms with E-state index in [2.05, 4.69) is 0 Å². The van der Waals surface area contributed by atoms with Crippen LogP contribution in [0.15, 0.2) is 52.1 Å². The van der Waals surface area contributed by atoms with Crippen molar-refractivity contribution in [3.05, 3.63) is 64.8 Å². The lowest BCUT2D eigenvalue weighted by molar-refractivity contribution is -0.119. The van der Waals surface area contributed by atoms with Crippen molar-refractivity contribution in [1.82, 2.24) is 0 Å². The second-order valence-corrected chi connectivity index (χ2v) is 6.64. The van der Waals surface area contributed by atoms with E-state index in [1.54, 1.807) is 45.0 Å². The highest BCUT2D eigenvalue weighted by molar-refractivity contribution is 6.16. The molecule has 1 aliphatic heterocycles. The number of hydrogen-bond donors (Lipinski definition) is 1. The minimum atomic E-state index is -0.765. The average molecular weight is 339 g/mol. The first-order valence-electron chi connectivity index (χ1n) is 8.25. The fourth-order valence-corrected chi connectivity index (χ4v) is 3.01. The number of furan rings is 1. The molecule has 5 heteroatoms. The zero-order valence-corrected chi connectivity index (χ0v) is 14.7. The van der Waals surface area contributed by atoms with Crippen LogP contribution in [0, 0.1) is 19.8 Å². The zero-order valence-electron chi connectivity index (χ0n) is 14.7. The van der Waals surface area contributed by atoms with Gasteiger partial charge in [0.05, 0.1) is 5.57 Å². The van der Waals surface area contributed by atoms with E-state index >= 15 is 0 Å². The molecule has 1 unspecified atom stereocenters. The first kappa shape index (κ1) is 17.0. The molecule has 1 aromatic carbocycles. The zero-order chi connectivity index (χ0) is 18.3. The van der Waals surface area contributed by atoms with E-state index in [0.717, 1.165) is 5.56 Å². The number of anilines is 1. The third-order valence-electron chi connectivity index (χ3n) is 4.34. The van der Waals surface area contributed by atoms with E-state index in [4.69, 9.17) is 4.42 Å². The first-order chi connectivity index (χ1) is 11.8. The molecule has 0 saturated carbocycles. The molecule has 3 rings (SSSR count). The van der Waals surface area contributed by atoms with Gasteiger partial charge in [-0.05, 0) is 38.1 Å². The Morgan fingerprint density at radius 2 is 1.76 bits per heavy atom. The minimum absolute atomic E-state index is 0.0925. The molecule has 1 amide bonds. The predicted molar refractivity (Wildman–Crippen MR) is 94.4 cm³/mol. The van der Waals surface area contributed by atoms with Crippen molar-refractivity contribution < 1.29 is 19.1 Å². The van der Waals surface area contributed by atoms with Crippen LogP contribution in [0.1, 0.15) is 37.0 Å². The molecular weight excluding hydrogens is 318 g/mol. The maximum absolute atomic E-state index is 12.7. The molecule has 1 aromatic heterocycles. The molecule has 0 radical (unpaired) electrons. The van der Waals surface area contributed by atoms with E-state index in [9.17, 15) is 14.7 Å².